The molecule has 1 aliphatic heterocycles. The van der Waals surface area contributed by atoms with Crippen LogP contribution < -0.4 is 9.46 Å². The molecule has 1 aromatic carbocycles. The molecule has 2 aromatic rings. The van der Waals surface area contributed by atoms with E-state index in [1.807, 2.05) is 12.4 Å². The zero-order valence-electron chi connectivity index (χ0n) is 15.2. The van der Waals surface area contributed by atoms with Crippen molar-refractivity contribution in [2.75, 3.05) is 13.1 Å². The summed E-state index contributed by atoms with van der Waals surface area (Å²) in [5, 5.41) is 0. The van der Waals surface area contributed by atoms with Gasteiger partial charge in [0.05, 0.1) is 6.10 Å². The number of ether oxygens (including phenoxy) is 1. The maximum Gasteiger partial charge on any atom is 0.119 e. The molecular weight excluding hydrogens is 330 g/mol. The minimum Gasteiger partial charge on any atom is -0.491 e. The van der Waals surface area contributed by atoms with Gasteiger partial charge in [-0.2, -0.15) is 0 Å². The number of rotatable bonds is 7. The zero-order chi connectivity index (χ0) is 17.6. The van der Waals surface area contributed by atoms with Crippen molar-refractivity contribution in [3.05, 3.63) is 53.9 Å². The second-order valence-corrected chi connectivity index (χ2v) is 7.77. The second-order valence-electron chi connectivity index (χ2n) is 6.89. The Morgan fingerprint density at radius 2 is 2.08 bits per heavy atom. The third kappa shape index (κ3) is 5.46. The number of benzene rings is 1. The summed E-state index contributed by atoms with van der Waals surface area (Å²) in [6.07, 6.45) is 5.17. The monoisotopic (exact) mass is 357 g/mol. The molecular formula is C20H27N3OS. The highest BCUT2D eigenvalue weighted by molar-refractivity contribution is 7.97. The van der Waals surface area contributed by atoms with E-state index in [9.17, 15) is 0 Å². The first-order valence-electron chi connectivity index (χ1n) is 8.91. The molecule has 1 aliphatic rings. The number of hydrogen-bond acceptors (Lipinski definition) is 5. The minimum absolute atomic E-state index is 0.220. The van der Waals surface area contributed by atoms with Gasteiger partial charge in [-0.3, -0.25) is 14.6 Å². The molecule has 0 bridgehead atoms. The van der Waals surface area contributed by atoms with Crippen molar-refractivity contribution in [2.45, 2.75) is 50.8 Å². The van der Waals surface area contributed by atoms with Gasteiger partial charge in [0.1, 0.15) is 5.75 Å². The Kier molecular flexibility index (Phi) is 6.34. The van der Waals surface area contributed by atoms with E-state index in [1.165, 1.54) is 22.4 Å². The first kappa shape index (κ1) is 18.2. The quantitative estimate of drug-likeness (QED) is 0.757. The SMILES string of the molecule is Cc1ccncc1SN[C@@H]1CCN(Cc2ccc(OC(C)C)cc2)C1. The van der Waals surface area contributed by atoms with Crippen molar-refractivity contribution in [3.63, 3.8) is 0 Å². The fourth-order valence-electron chi connectivity index (χ4n) is 2.98. The molecule has 0 amide bonds. The molecule has 1 saturated heterocycles. The number of aryl methyl sites for hydroxylation is 1. The van der Waals surface area contributed by atoms with Crippen LogP contribution >= 0.6 is 11.9 Å². The lowest BCUT2D eigenvalue weighted by Crippen LogP contribution is -2.28. The molecule has 0 saturated carbocycles. The van der Waals surface area contributed by atoms with Crippen LogP contribution in [-0.2, 0) is 6.54 Å². The summed E-state index contributed by atoms with van der Waals surface area (Å²) in [5.74, 6) is 0.947. The summed E-state index contributed by atoms with van der Waals surface area (Å²) < 4.78 is 9.31. The largest absolute Gasteiger partial charge is 0.491 e. The molecule has 5 heteroatoms. The lowest BCUT2D eigenvalue weighted by Gasteiger charge is -2.17. The molecule has 0 radical (unpaired) electrons. The number of pyridine rings is 1. The van der Waals surface area contributed by atoms with E-state index in [2.05, 4.69) is 65.7 Å². The van der Waals surface area contributed by atoms with Crippen LogP contribution in [0.5, 0.6) is 5.75 Å². The third-order valence-corrected chi connectivity index (χ3v) is 5.40. The van der Waals surface area contributed by atoms with Gasteiger partial charge >= 0.3 is 0 Å². The van der Waals surface area contributed by atoms with Crippen LogP contribution in [0.3, 0.4) is 0 Å². The Morgan fingerprint density at radius 3 is 2.80 bits per heavy atom. The Morgan fingerprint density at radius 1 is 1.28 bits per heavy atom. The van der Waals surface area contributed by atoms with Crippen molar-refractivity contribution >= 4 is 11.9 Å². The fourth-order valence-corrected chi connectivity index (χ4v) is 3.81. The van der Waals surface area contributed by atoms with Gasteiger partial charge in [0.2, 0.25) is 0 Å². The van der Waals surface area contributed by atoms with Gasteiger partial charge in [-0.1, -0.05) is 12.1 Å². The molecule has 0 aliphatic carbocycles. The average Bonchev–Trinajstić information content (AvgIpc) is 3.03. The second kappa shape index (κ2) is 8.70. The van der Waals surface area contributed by atoms with Crippen LogP contribution in [-0.4, -0.2) is 35.1 Å². The van der Waals surface area contributed by atoms with Crippen LogP contribution in [0.2, 0.25) is 0 Å². The van der Waals surface area contributed by atoms with Gasteiger partial charge in [0, 0.05) is 43.0 Å². The van der Waals surface area contributed by atoms with Gasteiger partial charge < -0.3 is 4.74 Å². The molecule has 2 heterocycles. The smallest absolute Gasteiger partial charge is 0.119 e. The molecule has 0 spiro atoms. The fraction of sp³-hybridized carbons (Fsp3) is 0.450. The van der Waals surface area contributed by atoms with Crippen molar-refractivity contribution < 1.29 is 4.74 Å². The van der Waals surface area contributed by atoms with Crippen LogP contribution in [0.4, 0.5) is 0 Å². The lowest BCUT2D eigenvalue weighted by atomic mass is 10.2. The lowest BCUT2D eigenvalue weighted by molar-refractivity contribution is 0.242. The van der Waals surface area contributed by atoms with Gasteiger partial charge in [0.25, 0.3) is 0 Å². The van der Waals surface area contributed by atoms with E-state index in [1.54, 1.807) is 11.9 Å². The standard InChI is InChI=1S/C20H27N3OS/c1-15(2)24-19-6-4-17(5-7-19)13-23-11-9-18(14-23)22-25-20-12-21-10-8-16(20)3/h4-8,10,12,15,18,22H,9,11,13-14H2,1-3H3/t18-/m1/s1. The molecule has 3 rings (SSSR count). The van der Waals surface area contributed by atoms with E-state index in [-0.39, 0.29) is 6.10 Å². The minimum atomic E-state index is 0.220. The number of likely N-dealkylation sites (tertiary alicyclic amines) is 1. The Hall–Kier alpha value is -1.56. The third-order valence-electron chi connectivity index (χ3n) is 4.30. The summed E-state index contributed by atoms with van der Waals surface area (Å²) in [5.41, 5.74) is 2.61. The zero-order valence-corrected chi connectivity index (χ0v) is 16.1. The van der Waals surface area contributed by atoms with Crippen LogP contribution in [0.15, 0.2) is 47.6 Å². The van der Waals surface area contributed by atoms with Crippen LogP contribution in [0.1, 0.15) is 31.4 Å². The molecule has 1 fully saturated rings. The Labute approximate surface area is 155 Å². The molecule has 4 nitrogen and oxygen atoms in total. The van der Waals surface area contributed by atoms with E-state index in [4.69, 9.17) is 4.74 Å². The van der Waals surface area contributed by atoms with E-state index >= 15 is 0 Å². The Balaban J connectivity index is 1.45. The number of nitrogens with one attached hydrogen (secondary N) is 1. The summed E-state index contributed by atoms with van der Waals surface area (Å²) >= 11 is 1.70. The number of aromatic nitrogens is 1. The average molecular weight is 358 g/mol. The maximum atomic E-state index is 5.71. The number of nitrogens with zero attached hydrogens (tertiary/aromatic N) is 2. The van der Waals surface area contributed by atoms with E-state index < -0.39 is 0 Å². The normalized spacial score (nSPS) is 18.0. The highest BCUT2D eigenvalue weighted by Crippen LogP contribution is 2.22. The van der Waals surface area contributed by atoms with E-state index in [0.717, 1.165) is 25.4 Å². The van der Waals surface area contributed by atoms with Gasteiger partial charge in [-0.25, -0.2) is 0 Å². The summed E-state index contributed by atoms with van der Waals surface area (Å²) in [7, 11) is 0. The molecule has 1 atom stereocenters. The van der Waals surface area contributed by atoms with E-state index in [0.29, 0.717) is 6.04 Å². The predicted octanol–water partition coefficient (Wildman–Crippen LogP) is 4.05. The van der Waals surface area contributed by atoms with Gasteiger partial charge in [-0.15, -0.1) is 0 Å². The summed E-state index contributed by atoms with van der Waals surface area (Å²) in [6.45, 7) is 9.44. The Bertz CT molecular complexity index is 675. The van der Waals surface area contributed by atoms with Crippen LogP contribution in [0.25, 0.3) is 0 Å². The maximum absolute atomic E-state index is 5.71. The molecule has 0 unspecified atom stereocenters. The molecule has 1 N–H and O–H groups in total. The van der Waals surface area contributed by atoms with Crippen molar-refractivity contribution in [1.29, 1.82) is 0 Å². The highest BCUT2D eigenvalue weighted by Gasteiger charge is 2.22. The first-order chi connectivity index (χ1) is 12.1. The van der Waals surface area contributed by atoms with Crippen LogP contribution in [0, 0.1) is 6.92 Å². The summed E-state index contributed by atoms with van der Waals surface area (Å²) in [4.78, 5) is 7.92. The molecule has 25 heavy (non-hydrogen) atoms. The predicted molar refractivity (Wildman–Crippen MR) is 104 cm³/mol. The van der Waals surface area contributed by atoms with Gasteiger partial charge in [-0.05, 0) is 68.5 Å². The summed E-state index contributed by atoms with van der Waals surface area (Å²) in [6, 6.07) is 11.1. The van der Waals surface area contributed by atoms with Crippen molar-refractivity contribution in [1.82, 2.24) is 14.6 Å². The van der Waals surface area contributed by atoms with Crippen molar-refractivity contribution in [2.24, 2.45) is 0 Å². The molecule has 1 aromatic heterocycles. The first-order valence-corrected chi connectivity index (χ1v) is 9.73. The molecule has 134 valence electrons. The highest BCUT2D eigenvalue weighted by atomic mass is 32.2. The number of hydrogen-bond donors (Lipinski definition) is 1. The topological polar surface area (TPSA) is 37.4 Å². The van der Waals surface area contributed by atoms with Gasteiger partial charge in [0.15, 0.2) is 0 Å². The van der Waals surface area contributed by atoms with Crippen molar-refractivity contribution in [3.8, 4) is 5.75 Å².